The Morgan fingerprint density at radius 1 is 0.774 bits per heavy atom. The van der Waals surface area contributed by atoms with Crippen molar-refractivity contribution in [3.8, 4) is 5.75 Å². The van der Waals surface area contributed by atoms with Gasteiger partial charge < -0.3 is 19.5 Å². The highest BCUT2D eigenvalue weighted by Crippen LogP contribution is 2.17. The predicted molar refractivity (Wildman–Crippen MR) is 114 cm³/mol. The molecule has 7 nitrogen and oxygen atoms in total. The number of para-hydroxylation sites is 2. The van der Waals surface area contributed by atoms with E-state index in [1.807, 2.05) is 30.3 Å². The van der Waals surface area contributed by atoms with E-state index in [0.29, 0.717) is 16.9 Å². The molecular weight excluding hydrogens is 398 g/mol. The van der Waals surface area contributed by atoms with Crippen LogP contribution in [0.25, 0.3) is 0 Å². The van der Waals surface area contributed by atoms with Gasteiger partial charge in [0.1, 0.15) is 12.4 Å². The smallest absolute Gasteiger partial charge is 0.339 e. The molecule has 158 valence electrons. The highest BCUT2D eigenvalue weighted by molar-refractivity contribution is 6.02. The van der Waals surface area contributed by atoms with Crippen molar-refractivity contribution in [3.05, 3.63) is 95.6 Å². The van der Waals surface area contributed by atoms with E-state index in [1.165, 1.54) is 13.2 Å². The zero-order valence-corrected chi connectivity index (χ0v) is 16.9. The van der Waals surface area contributed by atoms with Gasteiger partial charge in [-0.25, -0.2) is 9.59 Å². The van der Waals surface area contributed by atoms with Gasteiger partial charge in [-0.3, -0.25) is 4.79 Å². The normalized spacial score (nSPS) is 10.1. The van der Waals surface area contributed by atoms with Crippen molar-refractivity contribution in [2.45, 2.75) is 6.61 Å². The van der Waals surface area contributed by atoms with Gasteiger partial charge in [0.05, 0.1) is 23.9 Å². The topological polar surface area (TPSA) is 90.9 Å². The van der Waals surface area contributed by atoms with Crippen LogP contribution in [0.15, 0.2) is 78.9 Å². The fourth-order valence-corrected chi connectivity index (χ4v) is 2.80. The molecule has 0 saturated carbocycles. The lowest BCUT2D eigenvalue weighted by Crippen LogP contribution is -2.22. The summed E-state index contributed by atoms with van der Waals surface area (Å²) in [4.78, 5) is 36.6. The minimum absolute atomic E-state index is 0.175. The maximum absolute atomic E-state index is 12.5. The minimum Gasteiger partial charge on any atom is -0.489 e. The van der Waals surface area contributed by atoms with E-state index in [-0.39, 0.29) is 17.9 Å². The zero-order valence-electron chi connectivity index (χ0n) is 16.9. The van der Waals surface area contributed by atoms with Crippen molar-refractivity contribution in [2.24, 2.45) is 0 Å². The molecule has 0 heterocycles. The first-order chi connectivity index (χ1) is 15.1. The molecule has 3 rings (SSSR count). The molecule has 0 saturated heterocycles. The first kappa shape index (κ1) is 21.6. The van der Waals surface area contributed by atoms with Crippen molar-refractivity contribution >= 4 is 23.5 Å². The van der Waals surface area contributed by atoms with E-state index in [9.17, 15) is 14.4 Å². The molecule has 1 amide bonds. The second-order valence-corrected chi connectivity index (χ2v) is 6.42. The van der Waals surface area contributed by atoms with E-state index in [1.54, 1.807) is 42.5 Å². The summed E-state index contributed by atoms with van der Waals surface area (Å²) in [6, 6.07) is 22.5. The third kappa shape index (κ3) is 5.93. The molecule has 0 atom stereocenters. The molecule has 3 aromatic carbocycles. The Hall–Kier alpha value is -4.13. The average Bonchev–Trinajstić information content (AvgIpc) is 2.82. The van der Waals surface area contributed by atoms with Crippen molar-refractivity contribution in [3.63, 3.8) is 0 Å². The monoisotopic (exact) mass is 419 g/mol. The number of carbonyl (C=O) groups is 3. The summed E-state index contributed by atoms with van der Waals surface area (Å²) in [5, 5.41) is 2.55. The van der Waals surface area contributed by atoms with E-state index in [0.717, 1.165) is 0 Å². The molecule has 3 aromatic rings. The molecule has 0 spiro atoms. The number of nitrogens with one attached hydrogen (secondary N) is 1. The Kier molecular flexibility index (Phi) is 7.37. The van der Waals surface area contributed by atoms with E-state index < -0.39 is 24.5 Å². The van der Waals surface area contributed by atoms with Crippen molar-refractivity contribution in [1.82, 2.24) is 0 Å². The van der Waals surface area contributed by atoms with Crippen LogP contribution in [0.2, 0.25) is 0 Å². The second kappa shape index (κ2) is 10.6. The summed E-state index contributed by atoms with van der Waals surface area (Å²) in [6.07, 6.45) is 0. The summed E-state index contributed by atoms with van der Waals surface area (Å²) >= 11 is 0. The number of rotatable bonds is 8. The van der Waals surface area contributed by atoms with Gasteiger partial charge in [-0.1, -0.05) is 48.5 Å². The van der Waals surface area contributed by atoms with Gasteiger partial charge in [0, 0.05) is 5.56 Å². The number of carbonyl (C=O) groups excluding carboxylic acids is 3. The number of esters is 2. The SMILES string of the molecule is COC(=O)c1ccccc1NC(=O)COC(=O)c1ccccc1COc1ccccc1. The number of anilines is 1. The maximum Gasteiger partial charge on any atom is 0.339 e. The van der Waals surface area contributed by atoms with Gasteiger partial charge in [-0.15, -0.1) is 0 Å². The Morgan fingerprint density at radius 2 is 1.42 bits per heavy atom. The van der Waals surface area contributed by atoms with Crippen LogP contribution in [-0.2, 0) is 20.9 Å². The Balaban J connectivity index is 1.60. The Bertz CT molecular complexity index is 1060. The van der Waals surface area contributed by atoms with Crippen LogP contribution in [0.4, 0.5) is 5.69 Å². The first-order valence-corrected chi connectivity index (χ1v) is 9.48. The van der Waals surface area contributed by atoms with Crippen molar-refractivity contribution in [2.75, 3.05) is 19.0 Å². The molecule has 0 radical (unpaired) electrons. The molecule has 0 aliphatic carbocycles. The van der Waals surface area contributed by atoms with Crippen LogP contribution >= 0.6 is 0 Å². The maximum atomic E-state index is 12.5. The number of methoxy groups -OCH3 is 1. The quantitative estimate of drug-likeness (QED) is 0.558. The van der Waals surface area contributed by atoms with Gasteiger partial charge >= 0.3 is 11.9 Å². The number of benzene rings is 3. The standard InChI is InChI=1S/C24H21NO6/c1-29-23(27)20-13-7-8-14-21(20)25-22(26)16-31-24(28)19-12-6-5-9-17(19)15-30-18-10-3-2-4-11-18/h2-14H,15-16H2,1H3,(H,25,26). The Labute approximate surface area is 179 Å². The lowest BCUT2D eigenvalue weighted by atomic mass is 10.1. The lowest BCUT2D eigenvalue weighted by molar-refractivity contribution is -0.119. The molecule has 0 fully saturated rings. The van der Waals surface area contributed by atoms with Gasteiger partial charge in [0.25, 0.3) is 5.91 Å². The van der Waals surface area contributed by atoms with Gasteiger partial charge in [0.2, 0.25) is 0 Å². The molecule has 1 N–H and O–H groups in total. The Morgan fingerprint density at radius 3 is 2.16 bits per heavy atom. The van der Waals surface area contributed by atoms with Crippen LogP contribution < -0.4 is 10.1 Å². The molecule has 0 aromatic heterocycles. The first-order valence-electron chi connectivity index (χ1n) is 9.48. The zero-order chi connectivity index (χ0) is 22.1. The summed E-state index contributed by atoms with van der Waals surface area (Å²) in [7, 11) is 1.25. The summed E-state index contributed by atoms with van der Waals surface area (Å²) in [5.41, 5.74) is 1.41. The molecule has 31 heavy (non-hydrogen) atoms. The van der Waals surface area contributed by atoms with Crippen LogP contribution in [-0.4, -0.2) is 31.6 Å². The highest BCUT2D eigenvalue weighted by atomic mass is 16.5. The fraction of sp³-hybridized carbons (Fsp3) is 0.125. The molecular formula is C24H21NO6. The minimum atomic E-state index is -0.649. The molecule has 0 aliphatic heterocycles. The van der Waals surface area contributed by atoms with E-state index in [2.05, 4.69) is 5.32 Å². The van der Waals surface area contributed by atoms with Crippen molar-refractivity contribution in [1.29, 1.82) is 0 Å². The summed E-state index contributed by atoms with van der Waals surface area (Å²) in [5.74, 6) is -1.14. The van der Waals surface area contributed by atoms with Gasteiger partial charge in [-0.05, 0) is 30.3 Å². The molecule has 0 unspecified atom stereocenters. The third-order valence-corrected chi connectivity index (χ3v) is 4.32. The highest BCUT2D eigenvalue weighted by Gasteiger charge is 2.17. The predicted octanol–water partition coefficient (Wildman–Crippen LogP) is 3.85. The van der Waals surface area contributed by atoms with Crippen molar-refractivity contribution < 1.29 is 28.6 Å². The second-order valence-electron chi connectivity index (χ2n) is 6.42. The van der Waals surface area contributed by atoms with E-state index in [4.69, 9.17) is 14.2 Å². The number of ether oxygens (including phenoxy) is 3. The summed E-state index contributed by atoms with van der Waals surface area (Å²) in [6.45, 7) is -0.337. The van der Waals surface area contributed by atoms with Crippen LogP contribution in [0, 0.1) is 0 Å². The fourth-order valence-electron chi connectivity index (χ4n) is 2.80. The molecule has 0 aliphatic rings. The average molecular weight is 419 g/mol. The number of hydrogen-bond donors (Lipinski definition) is 1. The van der Waals surface area contributed by atoms with Crippen LogP contribution in [0.3, 0.4) is 0 Å². The van der Waals surface area contributed by atoms with Crippen LogP contribution in [0.5, 0.6) is 5.75 Å². The molecule has 0 bridgehead atoms. The van der Waals surface area contributed by atoms with E-state index >= 15 is 0 Å². The number of hydrogen-bond acceptors (Lipinski definition) is 6. The van der Waals surface area contributed by atoms with Gasteiger partial charge in [0.15, 0.2) is 6.61 Å². The largest absolute Gasteiger partial charge is 0.489 e. The van der Waals surface area contributed by atoms with Crippen LogP contribution in [0.1, 0.15) is 26.3 Å². The third-order valence-electron chi connectivity index (χ3n) is 4.32. The van der Waals surface area contributed by atoms with Gasteiger partial charge in [-0.2, -0.15) is 0 Å². The summed E-state index contributed by atoms with van der Waals surface area (Å²) < 4.78 is 15.6. The lowest BCUT2D eigenvalue weighted by Gasteiger charge is -2.12. The number of amides is 1. The molecule has 7 heteroatoms.